The van der Waals surface area contributed by atoms with Crippen LogP contribution in [0.15, 0.2) is 0 Å². The van der Waals surface area contributed by atoms with Gasteiger partial charge in [0.2, 0.25) is 12.3 Å². The van der Waals surface area contributed by atoms with Gasteiger partial charge in [-0.3, -0.25) is 14.6 Å². The van der Waals surface area contributed by atoms with Crippen molar-refractivity contribution in [1.29, 1.82) is 0 Å². The van der Waals surface area contributed by atoms with Gasteiger partial charge in [0.1, 0.15) is 5.69 Å². The van der Waals surface area contributed by atoms with Crippen LogP contribution < -0.4 is 5.32 Å². The highest BCUT2D eigenvalue weighted by Crippen LogP contribution is 2.16. The van der Waals surface area contributed by atoms with E-state index < -0.39 is 18.8 Å². The van der Waals surface area contributed by atoms with Gasteiger partial charge in [-0.05, 0) is 33.6 Å². The second-order valence-corrected chi connectivity index (χ2v) is 6.42. The first-order valence-corrected chi connectivity index (χ1v) is 8.46. The molecule has 2 rings (SSSR count). The van der Waals surface area contributed by atoms with Crippen molar-refractivity contribution in [3.05, 3.63) is 22.8 Å². The second kappa shape index (κ2) is 8.31. The van der Waals surface area contributed by atoms with Crippen molar-refractivity contribution in [2.75, 3.05) is 13.1 Å². The van der Waals surface area contributed by atoms with Gasteiger partial charge in [0.25, 0.3) is 5.91 Å². The summed E-state index contributed by atoms with van der Waals surface area (Å²) in [5.74, 6) is -0.610. The smallest absolute Gasteiger partial charge is 0.274 e. The monoisotopic (exact) mass is 354 g/mol. The van der Waals surface area contributed by atoms with Gasteiger partial charge in [0.05, 0.1) is 17.1 Å². The minimum Gasteiger partial charge on any atom is -0.352 e. The average Bonchev–Trinajstić information content (AvgIpc) is 2.56. The van der Waals surface area contributed by atoms with Gasteiger partial charge in [-0.25, -0.2) is 13.8 Å². The summed E-state index contributed by atoms with van der Waals surface area (Å²) in [6.45, 7) is 6.33. The van der Waals surface area contributed by atoms with Gasteiger partial charge >= 0.3 is 0 Å². The molecule has 0 radical (unpaired) electrons. The number of nitrogens with one attached hydrogen (secondary N) is 1. The molecule has 25 heavy (non-hydrogen) atoms. The Kier molecular flexibility index (Phi) is 6.39. The van der Waals surface area contributed by atoms with Crippen molar-refractivity contribution in [2.45, 2.75) is 58.9 Å². The lowest BCUT2D eigenvalue weighted by Crippen LogP contribution is -2.50. The van der Waals surface area contributed by atoms with E-state index in [0.717, 1.165) is 18.5 Å². The lowest BCUT2D eigenvalue weighted by molar-refractivity contribution is -0.122. The van der Waals surface area contributed by atoms with E-state index in [2.05, 4.69) is 15.3 Å². The first-order valence-electron chi connectivity index (χ1n) is 8.46. The Morgan fingerprint density at radius 3 is 2.56 bits per heavy atom. The minimum atomic E-state index is -2.48. The molecule has 1 aliphatic rings. The van der Waals surface area contributed by atoms with E-state index in [9.17, 15) is 18.4 Å². The van der Waals surface area contributed by atoms with E-state index >= 15 is 0 Å². The molecule has 8 heteroatoms. The van der Waals surface area contributed by atoms with Crippen molar-refractivity contribution in [3.8, 4) is 0 Å². The van der Waals surface area contributed by atoms with Gasteiger partial charge in [-0.1, -0.05) is 0 Å². The first kappa shape index (κ1) is 19.2. The number of piperidine rings is 1. The van der Waals surface area contributed by atoms with Crippen molar-refractivity contribution in [3.63, 3.8) is 0 Å². The van der Waals surface area contributed by atoms with E-state index in [4.69, 9.17) is 0 Å². The lowest BCUT2D eigenvalue weighted by atomic mass is 10.0. The number of likely N-dealkylation sites (tertiary alicyclic amines) is 1. The van der Waals surface area contributed by atoms with Gasteiger partial charge < -0.3 is 10.2 Å². The molecule has 1 saturated heterocycles. The largest absolute Gasteiger partial charge is 0.352 e. The molecule has 0 spiro atoms. The Morgan fingerprint density at radius 2 is 1.88 bits per heavy atom. The summed E-state index contributed by atoms with van der Waals surface area (Å²) >= 11 is 0. The van der Waals surface area contributed by atoms with E-state index in [-0.39, 0.29) is 18.4 Å². The van der Waals surface area contributed by atoms with E-state index in [1.54, 1.807) is 18.7 Å². The number of alkyl halides is 2. The van der Waals surface area contributed by atoms with Crippen LogP contribution in [0.5, 0.6) is 0 Å². The number of aromatic nitrogens is 2. The summed E-state index contributed by atoms with van der Waals surface area (Å²) in [5.41, 5.74) is 2.41. The fourth-order valence-corrected chi connectivity index (χ4v) is 2.89. The fraction of sp³-hybridized carbons (Fsp3) is 0.647. The number of hydrogen-bond donors (Lipinski definition) is 1. The molecule has 1 aromatic heterocycles. The summed E-state index contributed by atoms with van der Waals surface area (Å²) in [7, 11) is 0. The highest BCUT2D eigenvalue weighted by Gasteiger charge is 2.27. The summed E-state index contributed by atoms with van der Waals surface area (Å²) < 4.78 is 24.4. The molecular formula is C17H24F2N4O2. The van der Waals surface area contributed by atoms with E-state index in [0.29, 0.717) is 30.2 Å². The normalized spacial score (nSPS) is 17.7. The molecule has 6 nitrogen and oxygen atoms in total. The number of halogens is 2. The maximum Gasteiger partial charge on any atom is 0.274 e. The van der Waals surface area contributed by atoms with E-state index in [1.807, 2.05) is 6.92 Å². The number of carbonyl (C=O) groups excluding carboxylic acids is 2. The number of nitrogens with zero attached hydrogens (tertiary/aromatic N) is 3. The topological polar surface area (TPSA) is 75.2 Å². The summed E-state index contributed by atoms with van der Waals surface area (Å²) in [4.78, 5) is 34.8. The Balaban J connectivity index is 1.99. The lowest BCUT2D eigenvalue weighted by Gasteiger charge is -2.33. The van der Waals surface area contributed by atoms with Crippen LogP contribution in [0.4, 0.5) is 8.78 Å². The zero-order valence-electron chi connectivity index (χ0n) is 14.8. The highest BCUT2D eigenvalue weighted by atomic mass is 19.3. The maximum absolute atomic E-state index is 12.7. The van der Waals surface area contributed by atoms with Gasteiger partial charge in [-0.15, -0.1) is 0 Å². The zero-order valence-corrected chi connectivity index (χ0v) is 14.8. The van der Waals surface area contributed by atoms with Crippen LogP contribution in [0.3, 0.4) is 0 Å². The zero-order chi connectivity index (χ0) is 18.6. The Labute approximate surface area is 146 Å². The third-order valence-corrected chi connectivity index (χ3v) is 4.35. The van der Waals surface area contributed by atoms with Crippen LogP contribution in [0.1, 0.15) is 53.3 Å². The van der Waals surface area contributed by atoms with Crippen LogP contribution in [-0.4, -0.2) is 52.2 Å². The summed E-state index contributed by atoms with van der Waals surface area (Å²) in [5, 5.41) is 2.74. The minimum absolute atomic E-state index is 0.205. The molecule has 0 aromatic carbocycles. The molecule has 1 unspecified atom stereocenters. The number of aryl methyl sites for hydroxylation is 3. The van der Waals surface area contributed by atoms with Crippen LogP contribution >= 0.6 is 0 Å². The first-order chi connectivity index (χ1) is 11.8. The third-order valence-electron chi connectivity index (χ3n) is 4.35. The van der Waals surface area contributed by atoms with Crippen molar-refractivity contribution < 1.29 is 18.4 Å². The SMILES string of the molecule is Cc1nc(C)c(C(=O)N2CCCC(NC(=O)CCC(F)F)C2)nc1C. The summed E-state index contributed by atoms with van der Waals surface area (Å²) in [6.07, 6.45) is -1.67. The molecule has 1 aliphatic heterocycles. The molecule has 0 saturated carbocycles. The maximum atomic E-state index is 12.7. The standard InChI is InChI=1S/C17H24F2N4O2/c1-10-11(2)21-16(12(3)20-10)17(25)23-8-4-5-13(9-23)22-15(24)7-6-14(18)19/h13-14H,4-9H2,1-3H3,(H,22,24). The molecule has 138 valence electrons. The molecule has 2 heterocycles. The van der Waals surface area contributed by atoms with Crippen LogP contribution in [0.25, 0.3) is 0 Å². The predicted octanol–water partition coefficient (Wildman–Crippen LogP) is 2.17. The Hall–Kier alpha value is -2.12. The van der Waals surface area contributed by atoms with Crippen molar-refractivity contribution in [2.24, 2.45) is 0 Å². The van der Waals surface area contributed by atoms with Gasteiger partial charge in [0, 0.05) is 32.0 Å². The Bertz CT molecular complexity index is 652. The van der Waals surface area contributed by atoms with E-state index in [1.165, 1.54) is 0 Å². The quantitative estimate of drug-likeness (QED) is 0.879. The molecular weight excluding hydrogens is 330 g/mol. The Morgan fingerprint density at radius 1 is 1.20 bits per heavy atom. The van der Waals surface area contributed by atoms with Crippen LogP contribution in [0, 0.1) is 20.8 Å². The van der Waals surface area contributed by atoms with Crippen molar-refractivity contribution >= 4 is 11.8 Å². The third kappa shape index (κ3) is 5.17. The molecule has 0 bridgehead atoms. The number of amides is 2. The molecule has 1 fully saturated rings. The van der Waals surface area contributed by atoms with Gasteiger partial charge in [-0.2, -0.15) is 0 Å². The second-order valence-electron chi connectivity index (χ2n) is 6.42. The molecule has 1 aromatic rings. The number of carbonyl (C=O) groups is 2. The average molecular weight is 354 g/mol. The highest BCUT2D eigenvalue weighted by molar-refractivity contribution is 5.93. The van der Waals surface area contributed by atoms with Crippen LogP contribution in [-0.2, 0) is 4.79 Å². The molecule has 1 N–H and O–H groups in total. The number of rotatable bonds is 5. The molecule has 0 aliphatic carbocycles. The predicted molar refractivity (Wildman–Crippen MR) is 88.5 cm³/mol. The molecule has 1 atom stereocenters. The molecule has 2 amide bonds. The van der Waals surface area contributed by atoms with Gasteiger partial charge in [0.15, 0.2) is 0 Å². The number of hydrogen-bond acceptors (Lipinski definition) is 4. The van der Waals surface area contributed by atoms with Crippen molar-refractivity contribution in [1.82, 2.24) is 20.2 Å². The fourth-order valence-electron chi connectivity index (χ4n) is 2.89. The van der Waals surface area contributed by atoms with Crippen LogP contribution in [0.2, 0.25) is 0 Å². The summed E-state index contributed by atoms with van der Waals surface area (Å²) in [6, 6.07) is -0.220.